The second kappa shape index (κ2) is 13.3. The van der Waals surface area contributed by atoms with E-state index in [4.69, 9.17) is 9.84 Å². The highest BCUT2D eigenvalue weighted by atomic mass is 19.1. The summed E-state index contributed by atoms with van der Waals surface area (Å²) in [5.41, 5.74) is 4.83. The lowest BCUT2D eigenvalue weighted by Crippen LogP contribution is -2.28. The van der Waals surface area contributed by atoms with Gasteiger partial charge in [-0.25, -0.2) is 9.18 Å². The molecule has 1 amide bonds. The van der Waals surface area contributed by atoms with Crippen molar-refractivity contribution in [1.82, 2.24) is 24.6 Å². The number of rotatable bonds is 11. The minimum Gasteiger partial charge on any atom is -0.461 e. The average Bonchev–Trinajstić information content (AvgIpc) is 3.42. The molecule has 9 nitrogen and oxygen atoms in total. The molecule has 0 radical (unpaired) electrons. The van der Waals surface area contributed by atoms with Crippen LogP contribution in [-0.2, 0) is 16.1 Å². The summed E-state index contributed by atoms with van der Waals surface area (Å²) in [5.74, 6) is -1.75. The van der Waals surface area contributed by atoms with Crippen LogP contribution in [0.5, 0.6) is 0 Å². The summed E-state index contributed by atoms with van der Waals surface area (Å²) in [6, 6.07) is 19.1. The van der Waals surface area contributed by atoms with Crippen molar-refractivity contribution in [3.05, 3.63) is 96.2 Å². The van der Waals surface area contributed by atoms with Gasteiger partial charge in [-0.15, -0.1) is 0 Å². The normalized spacial score (nSPS) is 11.2. The minimum atomic E-state index is -0.660. The Hall–Kier alpha value is -4.96. The number of para-hydroxylation sites is 1. The van der Waals surface area contributed by atoms with Crippen molar-refractivity contribution >= 4 is 28.5 Å². The molecule has 0 saturated carbocycles. The minimum absolute atomic E-state index is 0.0218. The molecule has 43 heavy (non-hydrogen) atoms. The Labute approximate surface area is 249 Å². The highest BCUT2D eigenvalue weighted by Crippen LogP contribution is 2.34. The van der Waals surface area contributed by atoms with Gasteiger partial charge in [0.15, 0.2) is 0 Å². The summed E-state index contributed by atoms with van der Waals surface area (Å²) in [6.45, 7) is 8.25. The van der Waals surface area contributed by atoms with Gasteiger partial charge in [0.2, 0.25) is 5.91 Å². The number of carbonyl (C=O) groups is 2. The average molecular weight is 581 g/mol. The summed E-state index contributed by atoms with van der Waals surface area (Å²) >= 11 is 0. The van der Waals surface area contributed by atoms with Crippen molar-refractivity contribution in [1.29, 1.82) is 0 Å². The Morgan fingerprint density at radius 1 is 1.00 bits per heavy atom. The number of benzene rings is 2. The Morgan fingerprint density at radius 3 is 2.60 bits per heavy atom. The second-order valence-electron chi connectivity index (χ2n) is 10.1. The maximum Gasteiger partial charge on any atom is 0.338 e. The lowest BCUT2D eigenvalue weighted by Gasteiger charge is -2.17. The third-order valence-electron chi connectivity index (χ3n) is 7.09. The first-order chi connectivity index (χ1) is 20.8. The van der Waals surface area contributed by atoms with Gasteiger partial charge < -0.3 is 15.0 Å². The number of carbonyl (C=O) groups excluding carboxylic acids is 2. The zero-order valence-corrected chi connectivity index (χ0v) is 24.4. The molecule has 0 aliphatic rings. The Balaban J connectivity index is 1.37. The number of aryl methyl sites for hydroxylation is 1. The van der Waals surface area contributed by atoms with Crippen LogP contribution in [-0.4, -0.2) is 62.8 Å². The van der Waals surface area contributed by atoms with Crippen LogP contribution in [0.25, 0.3) is 33.4 Å². The first-order valence-electron chi connectivity index (χ1n) is 14.2. The number of likely N-dealkylation sites (N-methyl/N-ethyl adjacent to an activating group) is 1. The molecule has 10 heteroatoms. The molecule has 0 fully saturated rings. The van der Waals surface area contributed by atoms with Gasteiger partial charge in [0.1, 0.15) is 24.7 Å². The van der Waals surface area contributed by atoms with Crippen molar-refractivity contribution < 1.29 is 18.7 Å². The Bertz CT molecular complexity index is 1760. The SMILES string of the molecule is CCN(CC)CCOC(=O)c1cc(F)cc(NC(=O)Cn2cc(-c3ccnc4ccccc34)c(-c3cccc(C)n3)n2)c1. The number of ether oxygens (including phenoxy) is 1. The third-order valence-corrected chi connectivity index (χ3v) is 7.09. The van der Waals surface area contributed by atoms with Crippen molar-refractivity contribution in [2.75, 3.05) is 31.6 Å². The number of nitrogens with zero attached hydrogens (tertiary/aromatic N) is 5. The van der Waals surface area contributed by atoms with Crippen molar-refractivity contribution in [2.45, 2.75) is 27.3 Å². The largest absolute Gasteiger partial charge is 0.461 e. The number of amides is 1. The van der Waals surface area contributed by atoms with E-state index in [1.165, 1.54) is 10.7 Å². The predicted octanol–water partition coefficient (Wildman–Crippen LogP) is 5.75. The number of hydrogen-bond donors (Lipinski definition) is 1. The maximum atomic E-state index is 14.4. The molecule has 0 saturated heterocycles. The zero-order chi connectivity index (χ0) is 30.3. The van der Waals surface area contributed by atoms with Crippen LogP contribution in [0.1, 0.15) is 29.9 Å². The lowest BCUT2D eigenvalue weighted by molar-refractivity contribution is -0.116. The number of fused-ring (bicyclic) bond motifs is 1. The van der Waals surface area contributed by atoms with E-state index in [0.29, 0.717) is 17.9 Å². The monoisotopic (exact) mass is 580 g/mol. The van der Waals surface area contributed by atoms with Crippen molar-refractivity contribution in [2.24, 2.45) is 0 Å². The standard InChI is InChI=1S/C33H33FN6O3/c1-4-39(5-2)15-16-43-33(42)23-17-24(34)19-25(18-23)37-31(41)21-40-20-28(32(38-40)30-12-8-9-22(3)36-30)26-13-14-35-29-11-7-6-10-27(26)29/h6-14,17-20H,4-5,15-16,21H2,1-3H3,(H,37,41). The second-order valence-corrected chi connectivity index (χ2v) is 10.1. The molecule has 2 aromatic carbocycles. The molecule has 0 aliphatic carbocycles. The molecule has 0 atom stereocenters. The Morgan fingerprint density at radius 2 is 1.81 bits per heavy atom. The summed E-state index contributed by atoms with van der Waals surface area (Å²) < 4.78 is 21.3. The zero-order valence-electron chi connectivity index (χ0n) is 24.4. The number of aromatic nitrogens is 4. The van der Waals surface area contributed by atoms with Crippen molar-refractivity contribution in [3.63, 3.8) is 0 Å². The van der Waals surface area contributed by atoms with E-state index in [1.54, 1.807) is 12.4 Å². The third kappa shape index (κ3) is 7.10. The predicted molar refractivity (Wildman–Crippen MR) is 164 cm³/mol. The van der Waals surface area contributed by atoms with Gasteiger partial charge >= 0.3 is 5.97 Å². The number of anilines is 1. The fourth-order valence-electron chi connectivity index (χ4n) is 4.91. The quantitative estimate of drug-likeness (QED) is 0.199. The molecule has 5 aromatic rings. The van der Waals surface area contributed by atoms with Gasteiger partial charge in [-0.3, -0.25) is 19.4 Å². The van der Waals surface area contributed by atoms with E-state index >= 15 is 0 Å². The highest BCUT2D eigenvalue weighted by molar-refractivity contribution is 5.98. The fourth-order valence-corrected chi connectivity index (χ4v) is 4.91. The molecule has 3 aromatic heterocycles. The molecule has 220 valence electrons. The summed E-state index contributed by atoms with van der Waals surface area (Å²) in [7, 11) is 0. The van der Waals surface area contributed by atoms with Gasteiger partial charge in [0, 0.05) is 41.3 Å². The number of halogens is 1. The van der Waals surface area contributed by atoms with Gasteiger partial charge in [-0.2, -0.15) is 5.10 Å². The molecule has 0 unspecified atom stereocenters. The topological polar surface area (TPSA) is 102 Å². The van der Waals surface area contributed by atoms with Crippen LogP contribution in [0.3, 0.4) is 0 Å². The summed E-state index contributed by atoms with van der Waals surface area (Å²) in [6.07, 6.45) is 3.54. The molecular weight excluding hydrogens is 547 g/mol. The van der Waals surface area contributed by atoms with Gasteiger partial charge in [-0.05, 0) is 68.0 Å². The molecule has 0 aliphatic heterocycles. The lowest BCUT2D eigenvalue weighted by atomic mass is 10.0. The molecule has 0 bridgehead atoms. The van der Waals surface area contributed by atoms with E-state index in [1.807, 2.05) is 69.3 Å². The smallest absolute Gasteiger partial charge is 0.338 e. The van der Waals surface area contributed by atoms with Gasteiger partial charge in [0.25, 0.3) is 0 Å². The number of esters is 1. The fraction of sp³-hybridized carbons (Fsp3) is 0.242. The maximum absolute atomic E-state index is 14.4. The molecule has 3 heterocycles. The number of pyridine rings is 2. The van der Waals surface area contributed by atoms with Crippen molar-refractivity contribution in [3.8, 4) is 22.5 Å². The van der Waals surface area contributed by atoms with E-state index < -0.39 is 17.7 Å². The summed E-state index contributed by atoms with van der Waals surface area (Å²) in [5, 5.41) is 8.36. The van der Waals surface area contributed by atoms with Crippen LogP contribution in [0, 0.1) is 12.7 Å². The van der Waals surface area contributed by atoms with Crippen LogP contribution < -0.4 is 5.32 Å². The first-order valence-corrected chi connectivity index (χ1v) is 14.2. The highest BCUT2D eigenvalue weighted by Gasteiger charge is 2.19. The van der Waals surface area contributed by atoms with E-state index in [9.17, 15) is 14.0 Å². The summed E-state index contributed by atoms with van der Waals surface area (Å²) in [4.78, 5) is 36.9. The van der Waals surface area contributed by atoms with Gasteiger partial charge in [0.05, 0.1) is 16.8 Å². The molecule has 1 N–H and O–H groups in total. The van der Waals surface area contributed by atoms with Crippen LogP contribution in [0.2, 0.25) is 0 Å². The Kier molecular flexibility index (Phi) is 9.17. The molecular formula is C33H33FN6O3. The first kappa shape index (κ1) is 29.5. The van der Waals surface area contributed by atoms with Crippen LogP contribution >= 0.6 is 0 Å². The van der Waals surface area contributed by atoms with E-state index in [2.05, 4.69) is 20.2 Å². The number of nitrogens with one attached hydrogen (secondary N) is 1. The molecule has 0 spiro atoms. The van der Waals surface area contributed by atoms with Crippen LogP contribution in [0.15, 0.2) is 79.1 Å². The van der Waals surface area contributed by atoms with Crippen LogP contribution in [0.4, 0.5) is 10.1 Å². The van der Waals surface area contributed by atoms with E-state index in [0.717, 1.165) is 52.9 Å². The number of hydrogen-bond acceptors (Lipinski definition) is 7. The molecule has 5 rings (SSSR count). The van der Waals surface area contributed by atoms with Gasteiger partial charge in [-0.1, -0.05) is 38.1 Å². The van der Waals surface area contributed by atoms with E-state index in [-0.39, 0.29) is 24.4 Å².